The Hall–Kier alpha value is -2.99. The molecule has 0 fully saturated rings. The van der Waals surface area contributed by atoms with E-state index in [1.165, 1.54) is 33.2 Å². The van der Waals surface area contributed by atoms with Crippen molar-refractivity contribution in [1.82, 2.24) is 10.6 Å². The number of alkyl halides is 6. The Balaban J connectivity index is 2.20. The summed E-state index contributed by atoms with van der Waals surface area (Å²) in [6.45, 7) is 1.03. The minimum absolute atomic E-state index is 0.0468. The third-order valence-electron chi connectivity index (χ3n) is 4.81. The molecule has 0 aliphatic heterocycles. The number of hydrogen-bond acceptors (Lipinski definition) is 5. The Kier molecular flexibility index (Phi) is 8.78. The molecular formula is C22H24F6N2O4. The van der Waals surface area contributed by atoms with Crippen LogP contribution in [0.4, 0.5) is 26.3 Å². The Morgan fingerprint density at radius 3 is 2.03 bits per heavy atom. The summed E-state index contributed by atoms with van der Waals surface area (Å²) in [5.74, 6) is -0.146. The van der Waals surface area contributed by atoms with Crippen LogP contribution in [0.3, 0.4) is 0 Å². The van der Waals surface area contributed by atoms with Crippen molar-refractivity contribution in [1.29, 1.82) is 0 Å². The van der Waals surface area contributed by atoms with Gasteiger partial charge in [0, 0.05) is 13.6 Å². The lowest BCUT2D eigenvalue weighted by molar-refractivity contribution is -0.143. The van der Waals surface area contributed by atoms with Crippen molar-refractivity contribution in [2.45, 2.75) is 44.6 Å². The number of aliphatic hydroxyl groups excluding tert-OH is 1. The van der Waals surface area contributed by atoms with Gasteiger partial charge in [0.15, 0.2) is 11.5 Å². The molecule has 0 spiro atoms. The van der Waals surface area contributed by atoms with E-state index in [0.29, 0.717) is 17.7 Å². The summed E-state index contributed by atoms with van der Waals surface area (Å²) in [5, 5.41) is 15.1. The summed E-state index contributed by atoms with van der Waals surface area (Å²) in [6, 6.07) is 4.89. The van der Waals surface area contributed by atoms with E-state index in [-0.39, 0.29) is 29.7 Å². The van der Waals surface area contributed by atoms with Gasteiger partial charge in [-0.3, -0.25) is 10.1 Å². The number of likely N-dealkylation sites (N-methyl/N-ethyl adjacent to an activating group) is 1. The molecule has 0 saturated heterocycles. The highest BCUT2D eigenvalue weighted by Crippen LogP contribution is 2.37. The van der Waals surface area contributed by atoms with Gasteiger partial charge in [-0.15, -0.1) is 0 Å². The van der Waals surface area contributed by atoms with Crippen LogP contribution in [-0.4, -0.2) is 37.3 Å². The molecule has 0 heterocycles. The van der Waals surface area contributed by atoms with E-state index in [0.717, 1.165) is 0 Å². The van der Waals surface area contributed by atoms with Crippen LogP contribution < -0.4 is 20.1 Å². The Morgan fingerprint density at radius 1 is 0.971 bits per heavy atom. The van der Waals surface area contributed by atoms with E-state index < -0.39 is 48.1 Å². The number of hydrogen-bond donors (Lipinski definition) is 3. The molecule has 0 aliphatic rings. The molecule has 34 heavy (non-hydrogen) atoms. The fraction of sp³-hybridized carbons (Fsp3) is 0.409. The molecule has 6 nitrogen and oxygen atoms in total. The number of ether oxygens (including phenoxy) is 2. The standard InChI is InChI=1S/C22H24F6N2O4/c1-12(31)19(20(32)29-2)30-10-13-4-5-17(18(8-13)33-3)34-11-14-6-15(21(23,24)25)9-16(7-14)22(26,27)28/h4-9,12,19,30-31H,10-11H2,1-3H3,(H,29,32). The molecule has 2 rings (SSSR count). The molecule has 0 aliphatic carbocycles. The molecule has 12 heteroatoms. The second-order valence-corrected chi connectivity index (χ2v) is 7.40. The van der Waals surface area contributed by atoms with E-state index in [1.54, 1.807) is 6.07 Å². The summed E-state index contributed by atoms with van der Waals surface area (Å²) in [6.07, 6.45) is -10.9. The Labute approximate surface area is 191 Å². The number of halogens is 6. The predicted octanol–water partition coefficient (Wildman–Crippen LogP) is 3.90. The molecule has 0 aromatic heterocycles. The van der Waals surface area contributed by atoms with Crippen LogP contribution in [-0.2, 0) is 30.3 Å². The van der Waals surface area contributed by atoms with Gasteiger partial charge in [0.1, 0.15) is 12.6 Å². The maximum atomic E-state index is 13.0. The van der Waals surface area contributed by atoms with Gasteiger partial charge in [-0.1, -0.05) is 6.07 Å². The fourth-order valence-electron chi connectivity index (χ4n) is 3.07. The van der Waals surface area contributed by atoms with E-state index in [2.05, 4.69) is 10.6 Å². The lowest BCUT2D eigenvalue weighted by Gasteiger charge is -2.20. The van der Waals surface area contributed by atoms with Crippen LogP contribution in [0.2, 0.25) is 0 Å². The first kappa shape index (κ1) is 27.3. The average Bonchev–Trinajstić information content (AvgIpc) is 2.76. The summed E-state index contributed by atoms with van der Waals surface area (Å²) in [7, 11) is 2.74. The first-order valence-electron chi connectivity index (χ1n) is 9.97. The van der Waals surface area contributed by atoms with E-state index >= 15 is 0 Å². The predicted molar refractivity (Wildman–Crippen MR) is 110 cm³/mol. The molecular weight excluding hydrogens is 470 g/mol. The van der Waals surface area contributed by atoms with Gasteiger partial charge in [-0.25, -0.2) is 0 Å². The first-order valence-corrected chi connectivity index (χ1v) is 9.97. The number of carbonyl (C=O) groups excluding carboxylic acids is 1. The Bertz CT molecular complexity index is 960. The highest BCUT2D eigenvalue weighted by Gasteiger charge is 2.37. The highest BCUT2D eigenvalue weighted by molar-refractivity contribution is 5.82. The topological polar surface area (TPSA) is 79.8 Å². The normalized spacial score (nSPS) is 13.8. The maximum Gasteiger partial charge on any atom is 0.416 e. The van der Waals surface area contributed by atoms with Crippen molar-refractivity contribution >= 4 is 5.91 Å². The van der Waals surface area contributed by atoms with Gasteiger partial charge in [-0.05, 0) is 48.4 Å². The maximum absolute atomic E-state index is 13.0. The minimum atomic E-state index is -4.96. The Morgan fingerprint density at radius 2 is 1.56 bits per heavy atom. The number of methoxy groups -OCH3 is 1. The zero-order chi connectivity index (χ0) is 25.7. The summed E-state index contributed by atoms with van der Waals surface area (Å²) in [5.41, 5.74) is -2.56. The van der Waals surface area contributed by atoms with Crippen molar-refractivity contribution in [3.63, 3.8) is 0 Å². The van der Waals surface area contributed by atoms with Gasteiger partial charge in [0.2, 0.25) is 5.91 Å². The summed E-state index contributed by atoms with van der Waals surface area (Å²) < 4.78 is 88.9. The largest absolute Gasteiger partial charge is 0.493 e. The van der Waals surface area contributed by atoms with Crippen molar-refractivity contribution in [3.05, 3.63) is 58.7 Å². The smallest absolute Gasteiger partial charge is 0.416 e. The van der Waals surface area contributed by atoms with Crippen LogP contribution >= 0.6 is 0 Å². The van der Waals surface area contributed by atoms with Gasteiger partial charge >= 0.3 is 12.4 Å². The van der Waals surface area contributed by atoms with E-state index in [4.69, 9.17) is 9.47 Å². The molecule has 188 valence electrons. The van der Waals surface area contributed by atoms with Crippen LogP contribution in [0.25, 0.3) is 0 Å². The van der Waals surface area contributed by atoms with Crippen molar-refractivity contribution < 1.29 is 45.7 Å². The summed E-state index contributed by atoms with van der Waals surface area (Å²) >= 11 is 0. The van der Waals surface area contributed by atoms with Crippen LogP contribution in [0.1, 0.15) is 29.2 Å². The highest BCUT2D eigenvalue weighted by atomic mass is 19.4. The van der Waals surface area contributed by atoms with Crippen molar-refractivity contribution in [3.8, 4) is 11.5 Å². The number of benzene rings is 2. The number of aliphatic hydroxyl groups is 1. The zero-order valence-corrected chi connectivity index (χ0v) is 18.5. The van der Waals surface area contributed by atoms with Crippen LogP contribution in [0.5, 0.6) is 11.5 Å². The number of carbonyl (C=O) groups is 1. The number of amides is 1. The van der Waals surface area contributed by atoms with Gasteiger partial charge in [0.05, 0.1) is 24.3 Å². The molecule has 0 radical (unpaired) electrons. The molecule has 0 bridgehead atoms. The quantitative estimate of drug-likeness (QED) is 0.461. The van der Waals surface area contributed by atoms with Crippen LogP contribution in [0.15, 0.2) is 36.4 Å². The van der Waals surface area contributed by atoms with Crippen molar-refractivity contribution in [2.24, 2.45) is 0 Å². The number of rotatable bonds is 9. The molecule has 2 aromatic carbocycles. The van der Waals surface area contributed by atoms with E-state index in [9.17, 15) is 36.2 Å². The second kappa shape index (κ2) is 11.0. The second-order valence-electron chi connectivity index (χ2n) is 7.40. The summed E-state index contributed by atoms with van der Waals surface area (Å²) in [4.78, 5) is 11.8. The third-order valence-corrected chi connectivity index (χ3v) is 4.81. The molecule has 0 saturated carbocycles. The van der Waals surface area contributed by atoms with Gasteiger partial charge in [-0.2, -0.15) is 26.3 Å². The van der Waals surface area contributed by atoms with E-state index in [1.807, 2.05) is 0 Å². The minimum Gasteiger partial charge on any atom is -0.493 e. The lowest BCUT2D eigenvalue weighted by atomic mass is 10.1. The average molecular weight is 494 g/mol. The molecule has 2 unspecified atom stereocenters. The molecule has 2 aromatic rings. The monoisotopic (exact) mass is 494 g/mol. The van der Waals surface area contributed by atoms with Crippen molar-refractivity contribution in [2.75, 3.05) is 14.2 Å². The molecule has 1 amide bonds. The van der Waals surface area contributed by atoms with Crippen LogP contribution in [0, 0.1) is 0 Å². The van der Waals surface area contributed by atoms with Gasteiger partial charge < -0.3 is 19.9 Å². The molecule has 2 atom stereocenters. The molecule has 3 N–H and O–H groups in total. The SMILES string of the molecule is CNC(=O)C(NCc1ccc(OCc2cc(C(F)(F)F)cc(C(F)(F)F)c2)c(OC)c1)C(C)O. The lowest BCUT2D eigenvalue weighted by Crippen LogP contribution is -2.49. The fourth-order valence-corrected chi connectivity index (χ4v) is 3.07. The zero-order valence-electron chi connectivity index (χ0n) is 18.5. The third kappa shape index (κ3) is 7.26. The number of nitrogens with one attached hydrogen (secondary N) is 2. The first-order chi connectivity index (χ1) is 15.8. The van der Waals surface area contributed by atoms with Gasteiger partial charge in [0.25, 0.3) is 0 Å².